The highest BCUT2D eigenvalue weighted by Gasteiger charge is 2.21. The number of aromatic nitrogens is 3. The molecular formula is C12H12N4O. The molecular weight excluding hydrogens is 216 g/mol. The number of nitrogens with zero attached hydrogens (tertiary/aromatic N) is 3. The van der Waals surface area contributed by atoms with Crippen LogP contribution in [0.2, 0.25) is 0 Å². The topological polar surface area (TPSA) is 63.2 Å². The maximum absolute atomic E-state index is 5.55. The van der Waals surface area contributed by atoms with Crippen LogP contribution in [-0.4, -0.2) is 33.5 Å². The van der Waals surface area contributed by atoms with E-state index in [1.807, 2.05) is 24.4 Å². The summed E-state index contributed by atoms with van der Waals surface area (Å²) in [5.74, 6) is 0.634. The molecule has 0 amide bonds. The number of hydrogen-bond acceptors (Lipinski definition) is 4. The molecule has 5 nitrogen and oxygen atoms in total. The summed E-state index contributed by atoms with van der Waals surface area (Å²) in [6, 6.07) is 5.85. The predicted molar refractivity (Wildman–Crippen MR) is 62.8 cm³/mol. The quantitative estimate of drug-likeness (QED) is 0.858. The Balaban J connectivity index is 1.73. The largest absolute Gasteiger partial charge is 0.474 e. The van der Waals surface area contributed by atoms with Gasteiger partial charge in [0.2, 0.25) is 5.90 Å². The molecule has 0 spiro atoms. The van der Waals surface area contributed by atoms with E-state index in [1.165, 1.54) is 0 Å². The molecule has 0 aliphatic carbocycles. The molecule has 2 aromatic heterocycles. The van der Waals surface area contributed by atoms with E-state index < -0.39 is 0 Å². The van der Waals surface area contributed by atoms with Crippen molar-refractivity contribution in [2.24, 2.45) is 4.99 Å². The monoisotopic (exact) mass is 228 g/mol. The van der Waals surface area contributed by atoms with Gasteiger partial charge in [-0.25, -0.2) is 9.98 Å². The summed E-state index contributed by atoms with van der Waals surface area (Å²) in [6.45, 7) is 0.602. The van der Waals surface area contributed by atoms with Gasteiger partial charge in [-0.2, -0.15) is 0 Å². The van der Waals surface area contributed by atoms with Gasteiger partial charge >= 0.3 is 0 Å². The van der Waals surface area contributed by atoms with Gasteiger partial charge in [0, 0.05) is 24.5 Å². The van der Waals surface area contributed by atoms with Gasteiger partial charge in [0.25, 0.3) is 0 Å². The first-order chi connectivity index (χ1) is 8.42. The van der Waals surface area contributed by atoms with Gasteiger partial charge in [-0.1, -0.05) is 6.07 Å². The molecule has 0 fully saturated rings. The smallest absolute Gasteiger partial charge is 0.235 e. The standard InChI is InChI=1S/C12H12N4O/c1-2-4-14-11(3-1)12-16-10(7-17-12)5-9-6-13-8-15-9/h1-4,6,8,10H,5,7H2,(H,13,15). The first-order valence-electron chi connectivity index (χ1n) is 5.51. The number of hydrogen-bond donors (Lipinski definition) is 1. The van der Waals surface area contributed by atoms with Gasteiger partial charge in [-0.15, -0.1) is 0 Å². The average Bonchev–Trinajstić information content (AvgIpc) is 3.02. The zero-order chi connectivity index (χ0) is 11.5. The van der Waals surface area contributed by atoms with Crippen LogP contribution in [0.25, 0.3) is 0 Å². The second kappa shape index (κ2) is 4.37. The summed E-state index contributed by atoms with van der Waals surface area (Å²) in [6.07, 6.45) is 6.04. The maximum Gasteiger partial charge on any atom is 0.235 e. The van der Waals surface area contributed by atoms with E-state index in [-0.39, 0.29) is 6.04 Å². The molecule has 1 unspecified atom stereocenters. The second-order valence-corrected chi connectivity index (χ2v) is 3.90. The van der Waals surface area contributed by atoms with E-state index in [2.05, 4.69) is 19.9 Å². The molecule has 0 radical (unpaired) electrons. The minimum atomic E-state index is 0.146. The number of ether oxygens (including phenoxy) is 1. The Morgan fingerprint density at radius 2 is 2.41 bits per heavy atom. The summed E-state index contributed by atoms with van der Waals surface area (Å²) < 4.78 is 5.55. The van der Waals surface area contributed by atoms with Crippen molar-refractivity contribution in [2.75, 3.05) is 6.61 Å². The second-order valence-electron chi connectivity index (χ2n) is 3.90. The van der Waals surface area contributed by atoms with E-state index in [0.717, 1.165) is 17.8 Å². The number of H-pyrrole nitrogens is 1. The summed E-state index contributed by atoms with van der Waals surface area (Å²) >= 11 is 0. The maximum atomic E-state index is 5.55. The number of aliphatic imine (C=N–C) groups is 1. The van der Waals surface area contributed by atoms with Crippen molar-refractivity contribution in [1.29, 1.82) is 0 Å². The van der Waals surface area contributed by atoms with Crippen LogP contribution < -0.4 is 0 Å². The SMILES string of the molecule is c1ccc(C2=NC(Cc3cnc[nH]3)CO2)nc1. The summed E-state index contributed by atoms with van der Waals surface area (Å²) in [5.41, 5.74) is 1.87. The minimum Gasteiger partial charge on any atom is -0.474 e. The highest BCUT2D eigenvalue weighted by molar-refractivity contribution is 5.93. The van der Waals surface area contributed by atoms with Crippen molar-refractivity contribution in [3.8, 4) is 0 Å². The fraction of sp³-hybridized carbons (Fsp3) is 0.250. The van der Waals surface area contributed by atoms with Crippen LogP contribution >= 0.6 is 0 Å². The van der Waals surface area contributed by atoms with E-state index in [1.54, 1.807) is 12.5 Å². The molecule has 0 saturated heterocycles. The summed E-state index contributed by atoms with van der Waals surface area (Å²) in [5, 5.41) is 0. The molecule has 0 saturated carbocycles. The Hall–Kier alpha value is -2.17. The lowest BCUT2D eigenvalue weighted by molar-refractivity contribution is 0.315. The Kier molecular flexibility index (Phi) is 2.57. The fourth-order valence-electron chi connectivity index (χ4n) is 1.80. The van der Waals surface area contributed by atoms with Crippen LogP contribution in [0.4, 0.5) is 0 Å². The van der Waals surface area contributed by atoms with Crippen molar-refractivity contribution in [3.05, 3.63) is 48.3 Å². The van der Waals surface area contributed by atoms with Gasteiger partial charge in [0.05, 0.1) is 12.4 Å². The van der Waals surface area contributed by atoms with Crippen LogP contribution in [0.5, 0.6) is 0 Å². The molecule has 1 atom stereocenters. The molecule has 17 heavy (non-hydrogen) atoms. The normalized spacial score (nSPS) is 18.8. The van der Waals surface area contributed by atoms with E-state index in [9.17, 15) is 0 Å². The first kappa shape index (κ1) is 10.0. The van der Waals surface area contributed by atoms with Gasteiger partial charge in [0.1, 0.15) is 12.3 Å². The van der Waals surface area contributed by atoms with Crippen molar-refractivity contribution in [3.63, 3.8) is 0 Å². The average molecular weight is 228 g/mol. The molecule has 0 bridgehead atoms. The lowest BCUT2D eigenvalue weighted by Gasteiger charge is -2.01. The molecule has 1 aliphatic heterocycles. The predicted octanol–water partition coefficient (Wildman–Crippen LogP) is 1.19. The van der Waals surface area contributed by atoms with Crippen LogP contribution in [0.3, 0.4) is 0 Å². The van der Waals surface area contributed by atoms with Crippen molar-refractivity contribution >= 4 is 5.90 Å². The minimum absolute atomic E-state index is 0.146. The molecule has 3 heterocycles. The third-order valence-electron chi connectivity index (χ3n) is 2.61. The van der Waals surface area contributed by atoms with Crippen LogP contribution in [0.1, 0.15) is 11.4 Å². The van der Waals surface area contributed by atoms with E-state index in [4.69, 9.17) is 4.74 Å². The Labute approximate surface area is 98.6 Å². The highest BCUT2D eigenvalue weighted by Crippen LogP contribution is 2.13. The lowest BCUT2D eigenvalue weighted by Crippen LogP contribution is -2.10. The number of pyridine rings is 1. The number of aromatic amines is 1. The zero-order valence-corrected chi connectivity index (χ0v) is 9.21. The highest BCUT2D eigenvalue weighted by atomic mass is 16.5. The van der Waals surface area contributed by atoms with Crippen LogP contribution in [-0.2, 0) is 11.2 Å². The Morgan fingerprint density at radius 3 is 3.18 bits per heavy atom. The van der Waals surface area contributed by atoms with E-state index in [0.29, 0.717) is 12.5 Å². The molecule has 1 aliphatic rings. The van der Waals surface area contributed by atoms with Gasteiger partial charge in [-0.05, 0) is 12.1 Å². The third-order valence-corrected chi connectivity index (χ3v) is 2.61. The fourth-order valence-corrected chi connectivity index (χ4v) is 1.80. The van der Waals surface area contributed by atoms with Crippen molar-refractivity contribution < 1.29 is 4.74 Å². The van der Waals surface area contributed by atoms with Crippen LogP contribution in [0.15, 0.2) is 41.9 Å². The molecule has 2 aromatic rings. The van der Waals surface area contributed by atoms with Gasteiger partial charge in [0.15, 0.2) is 0 Å². The summed E-state index contributed by atoms with van der Waals surface area (Å²) in [7, 11) is 0. The molecule has 5 heteroatoms. The Bertz CT molecular complexity index is 507. The van der Waals surface area contributed by atoms with Crippen molar-refractivity contribution in [1.82, 2.24) is 15.0 Å². The number of rotatable bonds is 3. The van der Waals surface area contributed by atoms with Crippen LogP contribution in [0, 0.1) is 0 Å². The zero-order valence-electron chi connectivity index (χ0n) is 9.21. The first-order valence-corrected chi connectivity index (χ1v) is 5.51. The van der Waals surface area contributed by atoms with E-state index >= 15 is 0 Å². The number of imidazole rings is 1. The lowest BCUT2D eigenvalue weighted by atomic mass is 10.2. The van der Waals surface area contributed by atoms with Gasteiger partial charge in [-0.3, -0.25) is 4.98 Å². The molecule has 1 N–H and O–H groups in total. The molecule has 3 rings (SSSR count). The summed E-state index contributed by atoms with van der Waals surface area (Å²) in [4.78, 5) is 15.8. The molecule has 86 valence electrons. The number of nitrogens with one attached hydrogen (secondary N) is 1. The Morgan fingerprint density at radius 1 is 1.41 bits per heavy atom. The van der Waals surface area contributed by atoms with Gasteiger partial charge < -0.3 is 9.72 Å². The molecule has 0 aromatic carbocycles. The third kappa shape index (κ3) is 2.18. The van der Waals surface area contributed by atoms with Crippen molar-refractivity contribution in [2.45, 2.75) is 12.5 Å².